The van der Waals surface area contributed by atoms with Crippen molar-refractivity contribution in [3.63, 3.8) is 0 Å². The molecule has 0 bridgehead atoms. The Kier molecular flexibility index (Phi) is 61.5. The van der Waals surface area contributed by atoms with Gasteiger partial charge in [-0.3, -0.25) is 14.2 Å². The Morgan fingerprint density at radius 2 is 0.695 bits per heavy atom. The third kappa shape index (κ3) is 66.8. The van der Waals surface area contributed by atoms with Crippen molar-refractivity contribution in [2.75, 3.05) is 47.5 Å². The topological polar surface area (TPSA) is 111 Å². The maximum absolute atomic E-state index is 12.9. The Labute approximate surface area is 508 Å². The summed E-state index contributed by atoms with van der Waals surface area (Å²) in [7, 11) is 1.18. The van der Waals surface area contributed by atoms with Gasteiger partial charge in [-0.05, 0) is 77.0 Å². The van der Waals surface area contributed by atoms with Gasteiger partial charge in [0.1, 0.15) is 19.8 Å². The maximum Gasteiger partial charge on any atom is 0.306 e. The van der Waals surface area contributed by atoms with Crippen LogP contribution in [0.1, 0.15) is 335 Å². The minimum Gasteiger partial charge on any atom is -0.756 e. The van der Waals surface area contributed by atoms with Gasteiger partial charge in [0.2, 0.25) is 0 Å². The molecule has 0 fully saturated rings. The van der Waals surface area contributed by atoms with E-state index in [2.05, 4.69) is 74.6 Å². The Morgan fingerprint density at radius 3 is 1.05 bits per heavy atom. The largest absolute Gasteiger partial charge is 0.756 e. The predicted molar refractivity (Wildman–Crippen MR) is 351 cm³/mol. The second-order valence-electron chi connectivity index (χ2n) is 24.9. The van der Waals surface area contributed by atoms with E-state index in [0.29, 0.717) is 17.4 Å². The van der Waals surface area contributed by atoms with Crippen molar-refractivity contribution in [2.45, 2.75) is 341 Å². The molecule has 2 unspecified atom stereocenters. The first-order chi connectivity index (χ1) is 40.0. The van der Waals surface area contributed by atoms with Crippen LogP contribution in [0.25, 0.3) is 0 Å². The first kappa shape index (κ1) is 79.7. The first-order valence-electron chi connectivity index (χ1n) is 35.0. The molecular formula is C72H134NO8P. The normalized spacial score (nSPS) is 13.5. The Balaban J connectivity index is 4.00. The van der Waals surface area contributed by atoms with E-state index in [4.69, 9.17) is 18.5 Å². The fraction of sp³-hybridized carbons (Fsp3) is 0.833. The van der Waals surface area contributed by atoms with Crippen molar-refractivity contribution in [3.8, 4) is 0 Å². The molecule has 0 aliphatic carbocycles. The van der Waals surface area contributed by atoms with Gasteiger partial charge in [0, 0.05) is 12.8 Å². The average Bonchev–Trinajstić information content (AvgIpc) is 3.46. The first-order valence-corrected chi connectivity index (χ1v) is 36.5. The highest BCUT2D eigenvalue weighted by atomic mass is 31.2. The van der Waals surface area contributed by atoms with Crippen LogP contribution in [0.15, 0.2) is 60.8 Å². The monoisotopic (exact) mass is 1170 g/mol. The summed E-state index contributed by atoms with van der Waals surface area (Å²) in [4.78, 5) is 38.1. The van der Waals surface area contributed by atoms with Crippen molar-refractivity contribution in [3.05, 3.63) is 60.8 Å². The summed E-state index contributed by atoms with van der Waals surface area (Å²) < 4.78 is 34.3. The maximum atomic E-state index is 12.9. The number of carbonyl (C=O) groups excluding carboxylic acids is 2. The summed E-state index contributed by atoms with van der Waals surface area (Å²) >= 11 is 0. The zero-order valence-electron chi connectivity index (χ0n) is 54.7. The number of phosphoric ester groups is 1. The van der Waals surface area contributed by atoms with Crippen LogP contribution in [0, 0.1) is 0 Å². The molecule has 0 heterocycles. The summed E-state index contributed by atoms with van der Waals surface area (Å²) in [6, 6.07) is 0. The number of likely N-dealkylation sites (N-methyl/N-ethyl adjacent to an activating group) is 1. The summed E-state index contributed by atoms with van der Waals surface area (Å²) in [5.74, 6) is -0.816. The van der Waals surface area contributed by atoms with Gasteiger partial charge in [-0.2, -0.15) is 0 Å². The second-order valence-corrected chi connectivity index (χ2v) is 26.3. The smallest absolute Gasteiger partial charge is 0.306 e. The number of rotatable bonds is 65. The summed E-state index contributed by atoms with van der Waals surface area (Å²) in [5, 5.41) is 0. The van der Waals surface area contributed by atoms with Gasteiger partial charge in [0.15, 0.2) is 6.10 Å². The van der Waals surface area contributed by atoms with E-state index in [1.165, 1.54) is 244 Å². The lowest BCUT2D eigenvalue weighted by molar-refractivity contribution is -0.870. The molecule has 0 aromatic carbocycles. The van der Waals surface area contributed by atoms with E-state index in [9.17, 15) is 19.0 Å². The van der Waals surface area contributed by atoms with Crippen LogP contribution in [0.4, 0.5) is 0 Å². The van der Waals surface area contributed by atoms with Gasteiger partial charge in [-0.1, -0.05) is 306 Å². The second kappa shape index (κ2) is 63.2. The minimum atomic E-state index is -4.64. The molecule has 9 nitrogen and oxygen atoms in total. The lowest BCUT2D eigenvalue weighted by atomic mass is 10.0. The van der Waals surface area contributed by atoms with Crippen molar-refractivity contribution in [1.82, 2.24) is 0 Å². The highest BCUT2D eigenvalue weighted by molar-refractivity contribution is 7.45. The minimum absolute atomic E-state index is 0.0295. The van der Waals surface area contributed by atoms with E-state index >= 15 is 0 Å². The highest BCUT2D eigenvalue weighted by Crippen LogP contribution is 2.38. The molecule has 0 aliphatic heterocycles. The summed E-state index contributed by atoms with van der Waals surface area (Å²) in [6.45, 7) is 4.18. The zero-order chi connectivity index (χ0) is 59.8. The number of carbonyl (C=O) groups is 2. The molecule has 0 amide bonds. The van der Waals surface area contributed by atoms with Crippen LogP contribution >= 0.6 is 7.82 Å². The molecule has 0 saturated carbocycles. The molecule has 0 aromatic rings. The number of hydrogen-bond donors (Lipinski definition) is 0. The zero-order valence-corrected chi connectivity index (χ0v) is 55.6. The quantitative estimate of drug-likeness (QED) is 0.0195. The molecule has 0 aromatic heterocycles. The van der Waals surface area contributed by atoms with Crippen molar-refractivity contribution in [1.29, 1.82) is 0 Å². The molecule has 0 radical (unpaired) electrons. The number of allylic oxidation sites excluding steroid dienone is 10. The van der Waals surface area contributed by atoms with Gasteiger partial charge in [-0.25, -0.2) is 0 Å². The Hall–Kier alpha value is -2.29. The number of ether oxygens (including phenoxy) is 2. The van der Waals surface area contributed by atoms with Gasteiger partial charge < -0.3 is 27.9 Å². The fourth-order valence-corrected chi connectivity index (χ4v) is 10.9. The molecule has 0 spiro atoms. The van der Waals surface area contributed by atoms with Crippen LogP contribution in [0.5, 0.6) is 0 Å². The Morgan fingerprint density at radius 1 is 0.390 bits per heavy atom. The molecule has 0 rings (SSSR count). The van der Waals surface area contributed by atoms with Gasteiger partial charge >= 0.3 is 11.9 Å². The van der Waals surface area contributed by atoms with E-state index in [1.54, 1.807) is 0 Å². The van der Waals surface area contributed by atoms with Gasteiger partial charge in [0.05, 0.1) is 27.7 Å². The van der Waals surface area contributed by atoms with Crippen LogP contribution in [0.2, 0.25) is 0 Å². The third-order valence-electron chi connectivity index (χ3n) is 15.5. The van der Waals surface area contributed by atoms with Crippen LogP contribution < -0.4 is 4.89 Å². The molecule has 82 heavy (non-hydrogen) atoms. The summed E-state index contributed by atoms with van der Waals surface area (Å²) in [6.07, 6.45) is 83.0. The lowest BCUT2D eigenvalue weighted by Gasteiger charge is -2.28. The molecular weight excluding hydrogens is 1040 g/mol. The van der Waals surface area contributed by atoms with E-state index in [1.807, 2.05) is 21.1 Å². The van der Waals surface area contributed by atoms with Crippen LogP contribution in [-0.4, -0.2) is 70.0 Å². The average molecular weight is 1170 g/mol. The Bertz CT molecular complexity index is 1570. The van der Waals surface area contributed by atoms with Crippen LogP contribution in [0.3, 0.4) is 0 Å². The van der Waals surface area contributed by atoms with Gasteiger partial charge in [-0.15, -0.1) is 0 Å². The van der Waals surface area contributed by atoms with Crippen molar-refractivity contribution in [2.24, 2.45) is 0 Å². The van der Waals surface area contributed by atoms with Crippen molar-refractivity contribution >= 4 is 19.8 Å². The predicted octanol–water partition coefficient (Wildman–Crippen LogP) is 22.0. The third-order valence-corrected chi connectivity index (χ3v) is 16.5. The van der Waals surface area contributed by atoms with Gasteiger partial charge in [0.25, 0.3) is 7.82 Å². The standard InChI is InChI=1S/C72H134NO8P/c1-6-8-10-12-14-16-18-20-22-24-26-28-30-32-33-34-35-36-37-38-39-41-43-45-47-49-51-53-55-57-59-61-63-65-72(75)81-70(69-80-82(76,77)79-67-66-73(3,4)5)68-78-71(74)64-62-60-58-56-54-52-50-48-46-44-42-40-31-29-27-25-23-21-19-17-15-13-11-9-7-2/h8,10,14,16,20,22,25-28,70H,6-7,9,11-13,15,17-19,21,23-24,29-69H2,1-5H3/b10-8-,16-14-,22-20-,27-25-,28-26-. The number of nitrogens with zero attached hydrogens (tertiary/aromatic N) is 1. The molecule has 10 heteroatoms. The summed E-state index contributed by atoms with van der Waals surface area (Å²) in [5.41, 5.74) is 0. The van der Waals surface area contributed by atoms with E-state index in [-0.39, 0.29) is 32.0 Å². The van der Waals surface area contributed by atoms with E-state index in [0.717, 1.165) is 57.8 Å². The molecule has 480 valence electrons. The fourth-order valence-electron chi connectivity index (χ4n) is 10.2. The van der Waals surface area contributed by atoms with E-state index < -0.39 is 26.5 Å². The van der Waals surface area contributed by atoms with Crippen molar-refractivity contribution < 1.29 is 42.1 Å². The number of quaternary nitrogens is 1. The molecule has 0 saturated heterocycles. The number of unbranched alkanes of at least 4 members (excludes halogenated alkanes) is 41. The number of hydrogen-bond acceptors (Lipinski definition) is 8. The molecule has 0 aliphatic rings. The lowest BCUT2D eigenvalue weighted by Crippen LogP contribution is -2.37. The molecule has 0 N–H and O–H groups in total. The van der Waals surface area contributed by atoms with Crippen LogP contribution in [-0.2, 0) is 32.7 Å². The number of esters is 2. The molecule has 2 atom stereocenters. The number of phosphoric acid groups is 1. The SMILES string of the molecule is CC/C=C\C/C=C\C/C=C\C/C=C\CCCCCCCCCCCCCCCCCCCCCCC(=O)OC(COC(=O)CCCCCCCCCCCCCCC/C=C\CCCCCCCCCC)COP(=O)([O-])OCC[N+](C)(C)C. The highest BCUT2D eigenvalue weighted by Gasteiger charge is 2.22.